The van der Waals surface area contributed by atoms with Gasteiger partial charge in [-0.1, -0.05) is 45.2 Å². The van der Waals surface area contributed by atoms with E-state index in [1.54, 1.807) is 24.3 Å². The molecule has 9 heteroatoms. The molecule has 0 saturated carbocycles. The summed E-state index contributed by atoms with van der Waals surface area (Å²) in [5, 5.41) is 11.6. The number of aromatic nitrogens is 2. The first-order valence-corrected chi connectivity index (χ1v) is 13.6. The molecule has 1 aromatic heterocycles. The summed E-state index contributed by atoms with van der Waals surface area (Å²) in [6, 6.07) is 21.7. The molecular formula is C29H20BrCl2N5O. The summed E-state index contributed by atoms with van der Waals surface area (Å²) in [5.74, 6) is 0.616. The van der Waals surface area contributed by atoms with Gasteiger partial charge in [0.15, 0.2) is 0 Å². The van der Waals surface area contributed by atoms with Crippen LogP contribution in [0.2, 0.25) is 10.0 Å². The van der Waals surface area contributed by atoms with Crippen molar-refractivity contribution in [3.05, 3.63) is 97.9 Å². The highest BCUT2D eigenvalue weighted by atomic mass is 79.9. The number of fused-ring (bicyclic) bond motifs is 7. The van der Waals surface area contributed by atoms with Crippen molar-refractivity contribution in [1.82, 2.24) is 9.97 Å². The van der Waals surface area contributed by atoms with Crippen LogP contribution in [0, 0.1) is 0 Å². The molecule has 0 unspecified atom stereocenters. The van der Waals surface area contributed by atoms with Gasteiger partial charge in [-0.3, -0.25) is 4.99 Å². The molecule has 2 N–H and O–H groups in total. The lowest BCUT2D eigenvalue weighted by Gasteiger charge is -2.44. The highest BCUT2D eigenvalue weighted by molar-refractivity contribution is 9.10. The fraction of sp³-hybridized carbons (Fsp3) is 0.103. The standard InChI is InChI=1S/C29H20BrCl2N5O/c30-19-2-6-27-18(8-19)14-37-15-36(27)13-17-7-16(1-5-26(17)37)12-33-20-3-4-21(28(38)9-20)29-34-24-10-22(31)23(32)11-25(24)35-29/h1-12,38H,13-15H2,(H,34,35). The van der Waals surface area contributed by atoms with Crippen LogP contribution in [0.1, 0.15) is 16.7 Å². The Morgan fingerprint density at radius 3 is 2.42 bits per heavy atom. The molecule has 0 aliphatic carbocycles. The number of phenolic OH excluding ortho intramolecular Hbond substituents is 1. The predicted octanol–water partition coefficient (Wildman–Crippen LogP) is 8.05. The number of benzene rings is 4. The lowest BCUT2D eigenvalue weighted by Crippen LogP contribution is -2.46. The van der Waals surface area contributed by atoms with Crippen molar-refractivity contribution in [3.63, 3.8) is 0 Å². The van der Waals surface area contributed by atoms with Crippen molar-refractivity contribution in [2.75, 3.05) is 16.5 Å². The van der Waals surface area contributed by atoms with E-state index in [4.69, 9.17) is 23.2 Å². The minimum absolute atomic E-state index is 0.0834. The summed E-state index contributed by atoms with van der Waals surface area (Å²) in [5.41, 5.74) is 8.82. The van der Waals surface area contributed by atoms with Gasteiger partial charge in [0.25, 0.3) is 0 Å². The number of aromatic amines is 1. The van der Waals surface area contributed by atoms with Crippen molar-refractivity contribution in [2.24, 2.45) is 4.99 Å². The third-order valence-electron chi connectivity index (χ3n) is 7.01. The molecule has 0 atom stereocenters. The van der Waals surface area contributed by atoms with Gasteiger partial charge in [-0.15, -0.1) is 0 Å². The van der Waals surface area contributed by atoms with Gasteiger partial charge in [0.05, 0.1) is 39.0 Å². The minimum atomic E-state index is 0.0834. The van der Waals surface area contributed by atoms with E-state index in [0.717, 1.165) is 35.3 Å². The van der Waals surface area contributed by atoms with Gasteiger partial charge in [-0.05, 0) is 71.3 Å². The molecule has 6 nitrogen and oxygen atoms in total. The van der Waals surface area contributed by atoms with E-state index in [9.17, 15) is 5.11 Å². The Labute approximate surface area is 237 Å². The van der Waals surface area contributed by atoms with Gasteiger partial charge in [0.1, 0.15) is 11.6 Å². The van der Waals surface area contributed by atoms with Crippen LogP contribution in [0.3, 0.4) is 0 Å². The van der Waals surface area contributed by atoms with Crippen LogP contribution < -0.4 is 9.80 Å². The molecule has 4 aromatic carbocycles. The number of phenols is 1. The number of H-pyrrole nitrogens is 1. The first kappa shape index (κ1) is 23.6. The molecule has 2 bridgehead atoms. The molecule has 0 radical (unpaired) electrons. The Kier molecular flexibility index (Phi) is 5.62. The predicted molar refractivity (Wildman–Crippen MR) is 158 cm³/mol. The van der Waals surface area contributed by atoms with Crippen LogP contribution in [-0.4, -0.2) is 28.0 Å². The van der Waals surface area contributed by atoms with Crippen LogP contribution in [0.25, 0.3) is 22.4 Å². The lowest BCUT2D eigenvalue weighted by atomic mass is 10.0. The molecular weight excluding hydrogens is 585 g/mol. The van der Waals surface area contributed by atoms with Crippen molar-refractivity contribution in [2.45, 2.75) is 13.1 Å². The van der Waals surface area contributed by atoms with Crippen LogP contribution in [0.5, 0.6) is 5.75 Å². The Morgan fingerprint density at radius 2 is 1.63 bits per heavy atom. The maximum absolute atomic E-state index is 10.7. The maximum atomic E-state index is 10.7. The maximum Gasteiger partial charge on any atom is 0.142 e. The molecule has 0 saturated heterocycles. The van der Waals surface area contributed by atoms with Gasteiger partial charge in [0.2, 0.25) is 0 Å². The molecule has 0 fully saturated rings. The van der Waals surface area contributed by atoms with E-state index in [-0.39, 0.29) is 5.75 Å². The van der Waals surface area contributed by atoms with Crippen LogP contribution in [0.15, 0.2) is 76.2 Å². The number of aromatic hydroxyl groups is 1. The molecule has 0 spiro atoms. The highest BCUT2D eigenvalue weighted by Gasteiger charge is 2.29. The van der Waals surface area contributed by atoms with Crippen molar-refractivity contribution >= 4 is 73.4 Å². The SMILES string of the molecule is Oc1cc(N=Cc2ccc3c(c2)CN2CN3Cc3cc(Br)ccc32)ccc1-c1nc2cc(Cl)c(Cl)cc2[nH]1. The summed E-state index contributed by atoms with van der Waals surface area (Å²) in [6.45, 7) is 2.64. The number of aliphatic imine (C=N–C) groups is 1. The molecule has 0 amide bonds. The smallest absolute Gasteiger partial charge is 0.142 e. The summed E-state index contributed by atoms with van der Waals surface area (Å²) in [6.07, 6.45) is 1.83. The van der Waals surface area contributed by atoms with E-state index < -0.39 is 0 Å². The molecule has 2 aliphatic rings. The minimum Gasteiger partial charge on any atom is -0.507 e. The molecule has 7 rings (SSSR count). The number of nitrogens with one attached hydrogen (secondary N) is 1. The van der Waals surface area contributed by atoms with Crippen molar-refractivity contribution in [1.29, 1.82) is 0 Å². The second-order valence-electron chi connectivity index (χ2n) is 9.53. The quantitative estimate of drug-likeness (QED) is 0.204. The Hall–Kier alpha value is -3.52. The molecule has 2 aliphatic heterocycles. The van der Waals surface area contributed by atoms with Gasteiger partial charge >= 0.3 is 0 Å². The Bertz CT molecular complexity index is 1740. The Balaban J connectivity index is 1.13. The van der Waals surface area contributed by atoms with E-state index in [1.165, 1.54) is 22.5 Å². The molecule has 38 heavy (non-hydrogen) atoms. The van der Waals surface area contributed by atoms with Gasteiger partial charge in [0, 0.05) is 41.2 Å². The zero-order valence-corrected chi connectivity index (χ0v) is 23.0. The lowest BCUT2D eigenvalue weighted by molar-refractivity contribution is 0.477. The van der Waals surface area contributed by atoms with Crippen LogP contribution in [-0.2, 0) is 13.1 Å². The van der Waals surface area contributed by atoms with Crippen molar-refractivity contribution < 1.29 is 5.11 Å². The number of anilines is 2. The average molecular weight is 605 g/mol. The average Bonchev–Trinajstić information content (AvgIpc) is 3.29. The zero-order chi connectivity index (χ0) is 26.0. The number of rotatable bonds is 3. The van der Waals surface area contributed by atoms with E-state index >= 15 is 0 Å². The number of hydrogen-bond donors (Lipinski definition) is 2. The normalized spacial score (nSPS) is 14.3. The topological polar surface area (TPSA) is 67.8 Å². The van der Waals surface area contributed by atoms with Crippen LogP contribution in [0.4, 0.5) is 17.1 Å². The third-order valence-corrected chi connectivity index (χ3v) is 8.23. The largest absolute Gasteiger partial charge is 0.507 e. The van der Waals surface area contributed by atoms with Crippen LogP contribution >= 0.6 is 39.1 Å². The van der Waals surface area contributed by atoms with E-state index in [1.807, 2.05) is 12.3 Å². The number of imidazole rings is 1. The first-order chi connectivity index (χ1) is 18.4. The molecule has 3 heterocycles. The zero-order valence-electron chi connectivity index (χ0n) is 19.9. The third kappa shape index (κ3) is 4.11. The van der Waals surface area contributed by atoms with Gasteiger partial charge in [-0.25, -0.2) is 4.98 Å². The summed E-state index contributed by atoms with van der Waals surface area (Å²) < 4.78 is 1.11. The van der Waals surface area contributed by atoms with Gasteiger partial charge in [-0.2, -0.15) is 0 Å². The summed E-state index contributed by atoms with van der Waals surface area (Å²) in [7, 11) is 0. The first-order valence-electron chi connectivity index (χ1n) is 12.0. The number of nitrogens with zero attached hydrogens (tertiary/aromatic N) is 4. The number of halogens is 3. The highest BCUT2D eigenvalue weighted by Crippen LogP contribution is 2.39. The summed E-state index contributed by atoms with van der Waals surface area (Å²) in [4.78, 5) is 17.2. The van der Waals surface area contributed by atoms with E-state index in [0.29, 0.717) is 32.6 Å². The monoisotopic (exact) mass is 603 g/mol. The fourth-order valence-electron chi connectivity index (χ4n) is 5.23. The second-order valence-corrected chi connectivity index (χ2v) is 11.3. The summed E-state index contributed by atoms with van der Waals surface area (Å²) >= 11 is 15.8. The number of hydrogen-bond acceptors (Lipinski definition) is 5. The second kappa shape index (κ2) is 9.05. The Morgan fingerprint density at radius 1 is 0.895 bits per heavy atom. The van der Waals surface area contributed by atoms with E-state index in [2.05, 4.69) is 77.1 Å². The van der Waals surface area contributed by atoms with Crippen molar-refractivity contribution in [3.8, 4) is 17.1 Å². The van der Waals surface area contributed by atoms with Gasteiger partial charge < -0.3 is 19.9 Å². The molecule has 5 aromatic rings. The fourth-order valence-corrected chi connectivity index (χ4v) is 5.96. The molecule has 188 valence electrons.